The Morgan fingerprint density at radius 1 is 0.889 bits per heavy atom. The number of esters is 2. The molecule has 0 bridgehead atoms. The van der Waals surface area contributed by atoms with E-state index in [-0.39, 0.29) is 30.3 Å². The minimum atomic E-state index is -4.03. The van der Waals surface area contributed by atoms with Crippen LogP contribution in [0.2, 0.25) is 0 Å². The summed E-state index contributed by atoms with van der Waals surface area (Å²) in [6.07, 6.45) is -0.155. The average molecular weight is 512 g/mol. The molecule has 2 N–H and O–H groups in total. The van der Waals surface area contributed by atoms with Crippen LogP contribution in [0.4, 0.5) is 0 Å². The van der Waals surface area contributed by atoms with Crippen LogP contribution in [0.25, 0.3) is 0 Å². The normalized spacial score (nSPS) is 12.9. The van der Waals surface area contributed by atoms with E-state index in [0.717, 1.165) is 11.1 Å². The Morgan fingerprint density at radius 3 is 2.14 bits per heavy atom. The van der Waals surface area contributed by atoms with Crippen LogP contribution in [-0.2, 0) is 35.8 Å². The molecule has 0 saturated heterocycles. The fraction of sp³-hybridized carbons (Fsp3) is 0.259. The Labute approximate surface area is 211 Å². The highest BCUT2D eigenvalue weighted by Gasteiger charge is 2.30. The predicted molar refractivity (Wildman–Crippen MR) is 134 cm³/mol. The van der Waals surface area contributed by atoms with E-state index in [4.69, 9.17) is 19.4 Å². The molecule has 0 aliphatic rings. The first kappa shape index (κ1) is 26.9. The van der Waals surface area contributed by atoms with E-state index < -0.39 is 34.0 Å². The highest BCUT2D eigenvalue weighted by atomic mass is 32.2. The van der Waals surface area contributed by atoms with Gasteiger partial charge in [-0.25, -0.2) is 0 Å². The molecular formula is C27H29NO7S. The Hall–Kier alpha value is -3.69. The maximum absolute atomic E-state index is 12.7. The molecule has 3 rings (SSSR count). The first-order chi connectivity index (χ1) is 17.2. The van der Waals surface area contributed by atoms with Crippen molar-refractivity contribution in [2.75, 3.05) is 6.61 Å². The molecule has 0 fully saturated rings. The van der Waals surface area contributed by atoms with Crippen molar-refractivity contribution in [1.82, 2.24) is 0 Å². The zero-order chi connectivity index (χ0) is 26.1. The fourth-order valence-corrected chi connectivity index (χ4v) is 4.42. The molecule has 3 aromatic rings. The lowest BCUT2D eigenvalue weighted by Crippen LogP contribution is -2.39. The summed E-state index contributed by atoms with van der Waals surface area (Å²) in [6.45, 7) is 3.76. The second kappa shape index (κ2) is 12.3. The minimum absolute atomic E-state index is 0.0283. The summed E-state index contributed by atoms with van der Waals surface area (Å²) in [5.74, 6) is -1.86. The second-order valence-electron chi connectivity index (χ2n) is 8.15. The van der Waals surface area contributed by atoms with Gasteiger partial charge in [-0.3, -0.25) is 9.59 Å². The van der Waals surface area contributed by atoms with Crippen molar-refractivity contribution in [3.8, 4) is 5.75 Å². The lowest BCUT2D eigenvalue weighted by Gasteiger charge is -2.22. The number of carbonyl (C=O) groups excluding carboxylic acids is 2. The van der Waals surface area contributed by atoms with Crippen molar-refractivity contribution in [2.24, 2.45) is 5.73 Å². The van der Waals surface area contributed by atoms with E-state index in [1.807, 2.05) is 37.3 Å². The summed E-state index contributed by atoms with van der Waals surface area (Å²) in [4.78, 5) is 25.0. The third-order valence-corrected chi connectivity index (χ3v) is 6.71. The smallest absolute Gasteiger partial charge is 0.339 e. The molecule has 0 heterocycles. The Bertz CT molecular complexity index is 1260. The second-order valence-corrected chi connectivity index (χ2v) is 9.70. The lowest BCUT2D eigenvalue weighted by atomic mass is 9.89. The van der Waals surface area contributed by atoms with Gasteiger partial charge in [-0.05, 0) is 49.2 Å². The first-order valence-electron chi connectivity index (χ1n) is 11.4. The van der Waals surface area contributed by atoms with E-state index in [1.165, 1.54) is 24.3 Å². The van der Waals surface area contributed by atoms with Crippen molar-refractivity contribution in [1.29, 1.82) is 0 Å². The van der Waals surface area contributed by atoms with Crippen LogP contribution in [0, 0.1) is 6.92 Å². The Kier molecular flexibility index (Phi) is 9.21. The van der Waals surface area contributed by atoms with Gasteiger partial charge in [0.15, 0.2) is 0 Å². The number of hydrogen-bond acceptors (Lipinski definition) is 8. The Morgan fingerprint density at radius 2 is 1.53 bits per heavy atom. The lowest BCUT2D eigenvalue weighted by molar-refractivity contribution is -0.148. The average Bonchev–Trinajstić information content (AvgIpc) is 2.87. The monoisotopic (exact) mass is 511 g/mol. The number of hydrogen-bond donors (Lipinski definition) is 1. The molecule has 190 valence electrons. The molecular weight excluding hydrogens is 482 g/mol. The van der Waals surface area contributed by atoms with Crippen LogP contribution >= 0.6 is 0 Å². The number of nitrogens with two attached hydrogens (primary N) is 1. The quantitative estimate of drug-likeness (QED) is 0.304. The molecule has 2 unspecified atom stereocenters. The first-order valence-corrected chi connectivity index (χ1v) is 12.8. The number of ether oxygens (including phenoxy) is 2. The van der Waals surface area contributed by atoms with Gasteiger partial charge in [0.1, 0.15) is 23.3 Å². The van der Waals surface area contributed by atoms with Gasteiger partial charge in [0.05, 0.1) is 13.0 Å². The topological polar surface area (TPSA) is 122 Å². The van der Waals surface area contributed by atoms with Crippen molar-refractivity contribution < 1.29 is 31.7 Å². The SMILES string of the molecule is CCOC(=O)CC(c1ccc(OS(=O)(=O)c2ccc(C)cc2)cc1)C(N)C(=O)OCc1ccccc1. The third-order valence-electron chi connectivity index (χ3n) is 5.45. The summed E-state index contributed by atoms with van der Waals surface area (Å²) in [5, 5.41) is 0. The summed E-state index contributed by atoms with van der Waals surface area (Å²) in [7, 11) is -4.03. The van der Waals surface area contributed by atoms with Gasteiger partial charge in [-0.1, -0.05) is 60.2 Å². The molecule has 2 atom stereocenters. The highest BCUT2D eigenvalue weighted by Crippen LogP contribution is 2.28. The number of benzene rings is 3. The summed E-state index contributed by atoms with van der Waals surface area (Å²) < 4.78 is 40.8. The highest BCUT2D eigenvalue weighted by molar-refractivity contribution is 7.87. The predicted octanol–water partition coefficient (Wildman–Crippen LogP) is 3.87. The van der Waals surface area contributed by atoms with E-state index in [9.17, 15) is 18.0 Å². The van der Waals surface area contributed by atoms with Gasteiger partial charge in [0.25, 0.3) is 0 Å². The number of rotatable bonds is 11. The zero-order valence-electron chi connectivity index (χ0n) is 20.1. The van der Waals surface area contributed by atoms with E-state index in [1.54, 1.807) is 31.2 Å². The number of aryl methyl sites for hydroxylation is 1. The fourth-order valence-electron chi connectivity index (χ4n) is 3.49. The van der Waals surface area contributed by atoms with Crippen molar-refractivity contribution in [3.63, 3.8) is 0 Å². The van der Waals surface area contributed by atoms with E-state index in [0.29, 0.717) is 5.56 Å². The summed E-state index contributed by atoms with van der Waals surface area (Å²) in [5.41, 5.74) is 8.48. The zero-order valence-corrected chi connectivity index (χ0v) is 20.9. The maximum atomic E-state index is 12.7. The summed E-state index contributed by atoms with van der Waals surface area (Å²) in [6, 6.07) is 20.3. The molecule has 3 aromatic carbocycles. The van der Waals surface area contributed by atoms with Crippen LogP contribution in [0.1, 0.15) is 36.0 Å². The maximum Gasteiger partial charge on any atom is 0.339 e. The van der Waals surface area contributed by atoms with Gasteiger partial charge >= 0.3 is 22.1 Å². The van der Waals surface area contributed by atoms with Gasteiger partial charge in [0, 0.05) is 5.92 Å². The summed E-state index contributed by atoms with van der Waals surface area (Å²) >= 11 is 0. The Balaban J connectivity index is 1.76. The third kappa shape index (κ3) is 7.40. The van der Waals surface area contributed by atoms with Crippen molar-refractivity contribution in [2.45, 2.75) is 43.7 Å². The molecule has 0 radical (unpaired) electrons. The van der Waals surface area contributed by atoms with E-state index >= 15 is 0 Å². The molecule has 0 amide bonds. The van der Waals surface area contributed by atoms with Crippen LogP contribution in [0.3, 0.4) is 0 Å². The van der Waals surface area contributed by atoms with Crippen LogP contribution in [0.5, 0.6) is 5.75 Å². The molecule has 0 aliphatic heterocycles. The standard InChI is InChI=1S/C27H29NO7S/c1-3-33-25(29)17-24(26(28)27(30)34-18-20-7-5-4-6-8-20)21-11-13-22(14-12-21)35-36(31,32)23-15-9-19(2)10-16-23/h4-16,24,26H,3,17-18,28H2,1-2H3. The van der Waals surface area contributed by atoms with Gasteiger partial charge < -0.3 is 19.4 Å². The van der Waals surface area contributed by atoms with Crippen LogP contribution < -0.4 is 9.92 Å². The van der Waals surface area contributed by atoms with Crippen molar-refractivity contribution in [3.05, 3.63) is 95.6 Å². The molecule has 0 aromatic heterocycles. The molecule has 0 aliphatic carbocycles. The number of carbonyl (C=O) groups is 2. The van der Waals surface area contributed by atoms with Crippen LogP contribution in [0.15, 0.2) is 83.8 Å². The molecule has 8 nitrogen and oxygen atoms in total. The van der Waals surface area contributed by atoms with Gasteiger partial charge in [-0.2, -0.15) is 8.42 Å². The molecule has 0 saturated carbocycles. The van der Waals surface area contributed by atoms with Crippen LogP contribution in [-0.4, -0.2) is 33.0 Å². The largest absolute Gasteiger partial charge is 0.466 e. The minimum Gasteiger partial charge on any atom is -0.466 e. The molecule has 36 heavy (non-hydrogen) atoms. The van der Waals surface area contributed by atoms with Crippen molar-refractivity contribution >= 4 is 22.1 Å². The molecule has 0 spiro atoms. The molecule has 9 heteroatoms. The van der Waals surface area contributed by atoms with Gasteiger partial charge in [0.2, 0.25) is 0 Å². The van der Waals surface area contributed by atoms with Gasteiger partial charge in [-0.15, -0.1) is 0 Å². The van der Waals surface area contributed by atoms with E-state index in [2.05, 4.69) is 0 Å².